The summed E-state index contributed by atoms with van der Waals surface area (Å²) in [5, 5.41) is 15.6. The van der Waals surface area contributed by atoms with Gasteiger partial charge in [-0.3, -0.25) is 9.80 Å². The third-order valence-electron chi connectivity index (χ3n) is 7.93. The molecule has 4 atom stereocenters. The molecule has 0 bridgehead atoms. The van der Waals surface area contributed by atoms with Crippen LogP contribution in [0.5, 0.6) is 0 Å². The molecule has 4 aliphatic rings. The predicted molar refractivity (Wildman–Crippen MR) is 160 cm³/mol. The lowest BCUT2D eigenvalue weighted by molar-refractivity contribution is 0.0562. The van der Waals surface area contributed by atoms with Crippen molar-refractivity contribution in [3.8, 4) is 0 Å². The number of fused-ring (bicyclic) bond motifs is 1. The minimum Gasteiger partial charge on any atom is -0.593 e. The Morgan fingerprint density at radius 3 is 2.85 bits per heavy atom. The Kier molecular flexibility index (Phi) is 8.70. The highest BCUT2D eigenvalue weighted by Crippen LogP contribution is 2.32. The topological polar surface area (TPSA) is 119 Å². The van der Waals surface area contributed by atoms with Crippen LogP contribution in [0.1, 0.15) is 56.8 Å². The summed E-state index contributed by atoms with van der Waals surface area (Å²) in [5.74, 6) is 1.68. The van der Waals surface area contributed by atoms with E-state index in [1.54, 1.807) is 18.2 Å². The molecule has 2 fully saturated rings. The van der Waals surface area contributed by atoms with E-state index in [1.807, 2.05) is 23.8 Å². The van der Waals surface area contributed by atoms with Crippen molar-refractivity contribution in [3.63, 3.8) is 0 Å². The first-order chi connectivity index (χ1) is 19.0. The SMILES string of the molecule is CC1=CN2NC(C3CCCCN3C(=O)c3cc(Cl)ccc3N[S+](C)[O-])C=C2N=C1N1CCC(NC(C)(C)CO)C1. The molecule has 1 aromatic carbocycles. The van der Waals surface area contributed by atoms with Gasteiger partial charge in [0.25, 0.3) is 5.91 Å². The maximum absolute atomic E-state index is 13.9. The molecule has 5 rings (SSSR count). The quantitative estimate of drug-likeness (QED) is 0.359. The number of anilines is 1. The maximum Gasteiger partial charge on any atom is 0.256 e. The summed E-state index contributed by atoms with van der Waals surface area (Å²) in [7, 11) is 0. The van der Waals surface area contributed by atoms with Gasteiger partial charge in [-0.05, 0) is 70.7 Å². The first-order valence-corrected chi connectivity index (χ1v) is 15.9. The van der Waals surface area contributed by atoms with Crippen LogP contribution in [0.4, 0.5) is 5.69 Å². The van der Waals surface area contributed by atoms with Crippen LogP contribution in [-0.4, -0.2) is 92.4 Å². The zero-order valence-electron chi connectivity index (χ0n) is 23.6. The van der Waals surface area contributed by atoms with Crippen LogP contribution in [0.3, 0.4) is 0 Å². The van der Waals surface area contributed by atoms with E-state index in [4.69, 9.17) is 16.6 Å². The Morgan fingerprint density at radius 2 is 2.10 bits per heavy atom. The molecule has 10 nitrogen and oxygen atoms in total. The summed E-state index contributed by atoms with van der Waals surface area (Å²) in [6, 6.07) is 5.18. The molecule has 4 heterocycles. The number of benzene rings is 1. The van der Waals surface area contributed by atoms with Crippen molar-refractivity contribution in [2.45, 2.75) is 70.1 Å². The van der Waals surface area contributed by atoms with E-state index in [0.717, 1.165) is 56.0 Å². The third kappa shape index (κ3) is 6.29. The van der Waals surface area contributed by atoms with Gasteiger partial charge in [-0.1, -0.05) is 11.6 Å². The molecule has 218 valence electrons. The molecule has 2 saturated heterocycles. The number of piperidine rings is 1. The van der Waals surface area contributed by atoms with Crippen LogP contribution in [0.25, 0.3) is 0 Å². The molecule has 0 aromatic heterocycles. The number of halogens is 1. The van der Waals surface area contributed by atoms with Crippen molar-refractivity contribution in [2.24, 2.45) is 4.99 Å². The van der Waals surface area contributed by atoms with Crippen molar-refractivity contribution in [1.82, 2.24) is 25.6 Å². The number of hydrogen-bond donors (Lipinski definition) is 4. The first kappa shape index (κ1) is 29.2. The highest BCUT2D eigenvalue weighted by molar-refractivity contribution is 7.92. The lowest BCUT2D eigenvalue weighted by Gasteiger charge is -2.39. The number of carbonyl (C=O) groups is 1. The number of aliphatic hydroxyl groups is 1. The average Bonchev–Trinajstić information content (AvgIpc) is 3.54. The number of aliphatic hydroxyl groups excluding tert-OH is 1. The van der Waals surface area contributed by atoms with Crippen LogP contribution in [0, 0.1) is 0 Å². The van der Waals surface area contributed by atoms with E-state index in [0.29, 0.717) is 22.8 Å². The molecule has 4 unspecified atom stereocenters. The summed E-state index contributed by atoms with van der Waals surface area (Å²) in [4.78, 5) is 23.1. The number of nitrogens with zero attached hydrogens (tertiary/aromatic N) is 4. The number of likely N-dealkylation sites (tertiary alicyclic amines) is 2. The fourth-order valence-electron chi connectivity index (χ4n) is 6.01. The maximum atomic E-state index is 13.9. The minimum absolute atomic E-state index is 0.0632. The average molecular weight is 590 g/mol. The fourth-order valence-corrected chi connectivity index (χ4v) is 6.67. The molecular formula is C28H40ClN7O3S. The molecule has 0 saturated carbocycles. The minimum atomic E-state index is -1.32. The van der Waals surface area contributed by atoms with E-state index in [1.165, 1.54) is 6.26 Å². The molecule has 0 spiro atoms. The normalized spacial score (nSPS) is 25.8. The van der Waals surface area contributed by atoms with Crippen LogP contribution in [-0.2, 0) is 11.4 Å². The van der Waals surface area contributed by atoms with Crippen molar-refractivity contribution in [1.29, 1.82) is 0 Å². The van der Waals surface area contributed by atoms with Gasteiger partial charge in [0.15, 0.2) is 0 Å². The molecule has 40 heavy (non-hydrogen) atoms. The first-order valence-electron chi connectivity index (χ1n) is 13.9. The van der Waals surface area contributed by atoms with Gasteiger partial charge in [-0.15, -0.1) is 0 Å². The van der Waals surface area contributed by atoms with E-state index >= 15 is 0 Å². The third-order valence-corrected chi connectivity index (χ3v) is 8.67. The number of rotatable bonds is 7. The lowest BCUT2D eigenvalue weighted by atomic mass is 9.94. The Labute approximate surface area is 244 Å². The molecule has 1 amide bonds. The Bertz CT molecular complexity index is 1220. The van der Waals surface area contributed by atoms with Crippen molar-refractivity contribution >= 4 is 40.4 Å². The zero-order chi connectivity index (χ0) is 28.6. The van der Waals surface area contributed by atoms with E-state index < -0.39 is 11.4 Å². The van der Waals surface area contributed by atoms with Crippen LogP contribution >= 0.6 is 11.6 Å². The van der Waals surface area contributed by atoms with Gasteiger partial charge in [0.2, 0.25) is 0 Å². The molecule has 1 aromatic rings. The predicted octanol–water partition coefficient (Wildman–Crippen LogP) is 2.82. The van der Waals surface area contributed by atoms with Crippen molar-refractivity contribution < 1.29 is 14.5 Å². The number of amides is 1. The Morgan fingerprint density at radius 1 is 1.30 bits per heavy atom. The number of hydrogen-bond acceptors (Lipinski definition) is 9. The van der Waals surface area contributed by atoms with Crippen LogP contribution < -0.4 is 15.5 Å². The standard InChI is InChI=1S/C28H40ClN7O3S/c1-18-15-36-25(30-26(18)34-12-10-20(16-34)31-28(2,3)17-37)14-23(32-36)24-7-5-6-11-35(24)27(38)21-13-19(29)8-9-22(21)33-40(4)39/h8-9,13-15,20,23-24,31-33,37H,5-7,10-12,16-17H2,1-4H3. The summed E-state index contributed by atoms with van der Waals surface area (Å²) in [5.41, 5.74) is 5.26. The smallest absolute Gasteiger partial charge is 0.256 e. The largest absolute Gasteiger partial charge is 0.593 e. The highest BCUT2D eigenvalue weighted by Gasteiger charge is 2.39. The molecule has 12 heteroatoms. The molecule has 4 N–H and O–H groups in total. The number of amidine groups is 1. The summed E-state index contributed by atoms with van der Waals surface area (Å²) < 4.78 is 14.8. The van der Waals surface area contributed by atoms with Crippen molar-refractivity contribution in [2.75, 3.05) is 37.2 Å². The number of nitrogens with one attached hydrogen (secondary N) is 3. The summed E-state index contributed by atoms with van der Waals surface area (Å²) >= 11 is 4.95. The van der Waals surface area contributed by atoms with E-state index in [9.17, 15) is 14.5 Å². The summed E-state index contributed by atoms with van der Waals surface area (Å²) in [6.07, 6.45) is 9.56. The van der Waals surface area contributed by atoms with Crippen molar-refractivity contribution in [3.05, 3.63) is 52.5 Å². The fraction of sp³-hybridized carbons (Fsp3) is 0.571. The molecule has 4 aliphatic heterocycles. The summed E-state index contributed by atoms with van der Waals surface area (Å²) in [6.45, 7) is 8.57. The van der Waals surface area contributed by atoms with Gasteiger partial charge in [0.05, 0.1) is 41.3 Å². The number of aliphatic imine (C=N–C) groups is 1. The number of hydrazine groups is 1. The monoisotopic (exact) mass is 589 g/mol. The van der Waals surface area contributed by atoms with Crippen LogP contribution in [0.2, 0.25) is 5.02 Å². The van der Waals surface area contributed by atoms with Gasteiger partial charge in [0, 0.05) is 48.0 Å². The molecule has 0 radical (unpaired) electrons. The Balaban J connectivity index is 1.34. The van der Waals surface area contributed by atoms with Gasteiger partial charge in [-0.2, -0.15) is 0 Å². The van der Waals surface area contributed by atoms with Gasteiger partial charge in [-0.25, -0.2) is 15.1 Å². The molecular weight excluding hydrogens is 550 g/mol. The van der Waals surface area contributed by atoms with Gasteiger partial charge in [0.1, 0.15) is 17.9 Å². The van der Waals surface area contributed by atoms with Gasteiger partial charge >= 0.3 is 0 Å². The second-order valence-corrected chi connectivity index (χ2v) is 13.3. The Hall–Kier alpha value is -2.28. The second-order valence-electron chi connectivity index (χ2n) is 11.7. The van der Waals surface area contributed by atoms with E-state index in [-0.39, 0.29) is 36.2 Å². The van der Waals surface area contributed by atoms with E-state index in [2.05, 4.69) is 39.6 Å². The van der Waals surface area contributed by atoms with Gasteiger partial charge < -0.3 is 24.8 Å². The highest BCUT2D eigenvalue weighted by atomic mass is 35.5. The zero-order valence-corrected chi connectivity index (χ0v) is 25.2. The van der Waals surface area contributed by atoms with Crippen LogP contribution in [0.15, 0.2) is 46.9 Å². The second kappa shape index (κ2) is 11.9. The number of carbonyl (C=O) groups excluding carboxylic acids is 1. The molecule has 0 aliphatic carbocycles. The lowest BCUT2D eigenvalue weighted by Crippen LogP contribution is -2.54.